The molecule has 0 amide bonds. The van der Waals surface area contributed by atoms with E-state index < -0.39 is 0 Å². The Morgan fingerprint density at radius 1 is 1.60 bits per heavy atom. The fourth-order valence-electron chi connectivity index (χ4n) is 1.26. The number of nitrogens with zero attached hydrogens (tertiary/aromatic N) is 2. The molecule has 0 aromatic carbocycles. The normalized spacial score (nSPS) is 10.8. The molecule has 1 aromatic heterocycles. The van der Waals surface area contributed by atoms with E-state index in [0.717, 1.165) is 31.7 Å². The third kappa shape index (κ3) is 4.92. The molecule has 5 nitrogen and oxygen atoms in total. The highest BCUT2D eigenvalue weighted by Gasteiger charge is 1.97. The second kappa shape index (κ2) is 7.39. The van der Waals surface area contributed by atoms with E-state index in [1.165, 1.54) is 0 Å². The highest BCUT2D eigenvalue weighted by atomic mass is 16.5. The molecule has 1 heterocycles. The van der Waals surface area contributed by atoms with Gasteiger partial charge in [0.25, 0.3) is 0 Å². The van der Waals surface area contributed by atoms with Crippen molar-refractivity contribution in [2.45, 2.75) is 19.5 Å². The predicted molar refractivity (Wildman–Crippen MR) is 57.5 cm³/mol. The number of aryl methyl sites for hydroxylation is 1. The molecular formula is C10H19N3O2. The minimum atomic E-state index is 0.222. The quantitative estimate of drug-likeness (QED) is 0.597. The van der Waals surface area contributed by atoms with E-state index >= 15 is 0 Å². The van der Waals surface area contributed by atoms with Crippen LogP contribution in [0.4, 0.5) is 0 Å². The molecule has 1 aromatic rings. The maximum absolute atomic E-state index is 8.67. The topological polar surface area (TPSA) is 59.3 Å². The van der Waals surface area contributed by atoms with Crippen LogP contribution in [0, 0.1) is 0 Å². The number of aliphatic hydroxyl groups is 1. The molecule has 1 rings (SSSR count). The summed E-state index contributed by atoms with van der Waals surface area (Å²) in [4.78, 5) is 4.24. The first kappa shape index (κ1) is 12.2. The van der Waals surface area contributed by atoms with Crippen LogP contribution < -0.4 is 5.32 Å². The van der Waals surface area contributed by atoms with Crippen molar-refractivity contribution in [2.24, 2.45) is 0 Å². The Hall–Kier alpha value is -0.910. The molecule has 2 N–H and O–H groups in total. The van der Waals surface area contributed by atoms with Crippen molar-refractivity contribution in [3.05, 3.63) is 18.2 Å². The zero-order chi connectivity index (χ0) is 10.9. The summed E-state index contributed by atoms with van der Waals surface area (Å²) in [5, 5.41) is 11.9. The van der Waals surface area contributed by atoms with Gasteiger partial charge in [0.05, 0.1) is 18.6 Å². The summed E-state index contributed by atoms with van der Waals surface area (Å²) in [5.41, 5.74) is 1.02. The first-order valence-electron chi connectivity index (χ1n) is 5.18. The van der Waals surface area contributed by atoms with Crippen LogP contribution in [0.15, 0.2) is 12.5 Å². The number of imidazole rings is 1. The summed E-state index contributed by atoms with van der Waals surface area (Å²) in [6.45, 7) is 3.35. The highest BCUT2D eigenvalue weighted by Crippen LogP contribution is 1.97. The Morgan fingerprint density at radius 2 is 2.47 bits per heavy atom. The van der Waals surface area contributed by atoms with Gasteiger partial charge >= 0.3 is 0 Å². The van der Waals surface area contributed by atoms with Crippen LogP contribution in [0.2, 0.25) is 0 Å². The number of aromatic nitrogens is 2. The summed E-state index contributed by atoms with van der Waals surface area (Å²) in [6, 6.07) is 0. The van der Waals surface area contributed by atoms with Gasteiger partial charge in [0.2, 0.25) is 0 Å². The summed E-state index contributed by atoms with van der Waals surface area (Å²) in [6.07, 6.45) is 4.56. The van der Waals surface area contributed by atoms with Gasteiger partial charge in [-0.1, -0.05) is 0 Å². The van der Waals surface area contributed by atoms with Gasteiger partial charge in [-0.2, -0.15) is 0 Å². The first-order valence-corrected chi connectivity index (χ1v) is 5.18. The maximum Gasteiger partial charge on any atom is 0.0949 e. The van der Waals surface area contributed by atoms with Crippen molar-refractivity contribution in [3.63, 3.8) is 0 Å². The number of methoxy groups -OCH3 is 1. The lowest BCUT2D eigenvalue weighted by Gasteiger charge is -2.01. The molecule has 0 saturated heterocycles. The number of nitrogens with one attached hydrogen (secondary N) is 1. The number of rotatable bonds is 8. The van der Waals surface area contributed by atoms with E-state index in [9.17, 15) is 0 Å². The molecule has 0 aliphatic rings. The second-order valence-corrected chi connectivity index (χ2v) is 3.35. The van der Waals surface area contributed by atoms with E-state index in [-0.39, 0.29) is 6.61 Å². The van der Waals surface area contributed by atoms with Crippen LogP contribution in [0.3, 0.4) is 0 Å². The van der Waals surface area contributed by atoms with Gasteiger partial charge in [-0.15, -0.1) is 0 Å². The molecule has 15 heavy (non-hydrogen) atoms. The summed E-state index contributed by atoms with van der Waals surface area (Å²) in [7, 11) is 1.69. The van der Waals surface area contributed by atoms with Crippen LogP contribution in [-0.2, 0) is 17.8 Å². The standard InChI is InChI=1S/C10H19N3O2/c1-15-6-3-11-7-10-8-13(9-12-10)4-2-5-14/h8-9,11,14H,2-7H2,1H3. The molecule has 0 atom stereocenters. The van der Waals surface area contributed by atoms with Crippen molar-refractivity contribution in [3.8, 4) is 0 Å². The lowest BCUT2D eigenvalue weighted by Crippen LogP contribution is -2.18. The van der Waals surface area contributed by atoms with Gasteiger partial charge < -0.3 is 19.7 Å². The van der Waals surface area contributed by atoms with Crippen LogP contribution in [-0.4, -0.2) is 41.5 Å². The molecule has 86 valence electrons. The van der Waals surface area contributed by atoms with Gasteiger partial charge in [-0.05, 0) is 6.42 Å². The Bertz CT molecular complexity index is 263. The molecule has 0 aliphatic carbocycles. The number of hydrogen-bond donors (Lipinski definition) is 2. The predicted octanol–water partition coefficient (Wildman–Crippen LogP) is 0.00150. The van der Waals surface area contributed by atoms with Crippen LogP contribution in [0.5, 0.6) is 0 Å². The van der Waals surface area contributed by atoms with E-state index in [1.54, 1.807) is 13.4 Å². The molecule has 0 radical (unpaired) electrons. The van der Waals surface area contributed by atoms with E-state index in [2.05, 4.69) is 10.3 Å². The smallest absolute Gasteiger partial charge is 0.0949 e. The number of ether oxygens (including phenoxy) is 1. The molecule has 0 bridgehead atoms. The van der Waals surface area contributed by atoms with Crippen LogP contribution in [0.1, 0.15) is 12.1 Å². The first-order chi connectivity index (χ1) is 7.36. The summed E-state index contributed by atoms with van der Waals surface area (Å²) in [5.74, 6) is 0. The van der Waals surface area contributed by atoms with Gasteiger partial charge in [0, 0.05) is 39.5 Å². The van der Waals surface area contributed by atoms with Crippen LogP contribution in [0.25, 0.3) is 0 Å². The summed E-state index contributed by atoms with van der Waals surface area (Å²) >= 11 is 0. The van der Waals surface area contributed by atoms with E-state index in [4.69, 9.17) is 9.84 Å². The molecular weight excluding hydrogens is 194 g/mol. The number of hydrogen-bond acceptors (Lipinski definition) is 4. The molecule has 0 spiro atoms. The minimum Gasteiger partial charge on any atom is -0.396 e. The Morgan fingerprint density at radius 3 is 3.20 bits per heavy atom. The molecule has 5 heteroatoms. The Labute approximate surface area is 90.1 Å². The zero-order valence-corrected chi connectivity index (χ0v) is 9.15. The maximum atomic E-state index is 8.67. The third-order valence-corrected chi connectivity index (χ3v) is 2.05. The Kier molecular flexibility index (Phi) is 5.99. The highest BCUT2D eigenvalue weighted by molar-refractivity contribution is 4.95. The molecule has 0 fully saturated rings. The lowest BCUT2D eigenvalue weighted by molar-refractivity contribution is 0.199. The summed E-state index contributed by atoms with van der Waals surface area (Å²) < 4.78 is 6.91. The lowest BCUT2D eigenvalue weighted by atomic mass is 10.4. The fourth-order valence-corrected chi connectivity index (χ4v) is 1.26. The largest absolute Gasteiger partial charge is 0.396 e. The van der Waals surface area contributed by atoms with Crippen molar-refractivity contribution < 1.29 is 9.84 Å². The number of aliphatic hydroxyl groups excluding tert-OH is 1. The average molecular weight is 213 g/mol. The average Bonchev–Trinajstić information content (AvgIpc) is 2.69. The van der Waals surface area contributed by atoms with Crippen molar-refractivity contribution in [1.82, 2.24) is 14.9 Å². The van der Waals surface area contributed by atoms with Gasteiger partial charge in [-0.25, -0.2) is 4.98 Å². The van der Waals surface area contributed by atoms with Gasteiger partial charge in [-0.3, -0.25) is 0 Å². The monoisotopic (exact) mass is 213 g/mol. The van der Waals surface area contributed by atoms with Gasteiger partial charge in [0.15, 0.2) is 0 Å². The van der Waals surface area contributed by atoms with Crippen LogP contribution >= 0.6 is 0 Å². The van der Waals surface area contributed by atoms with Crippen molar-refractivity contribution >= 4 is 0 Å². The third-order valence-electron chi connectivity index (χ3n) is 2.05. The second-order valence-electron chi connectivity index (χ2n) is 3.35. The SMILES string of the molecule is COCCNCc1cn(CCCO)cn1. The van der Waals surface area contributed by atoms with E-state index in [0.29, 0.717) is 6.61 Å². The van der Waals surface area contributed by atoms with E-state index in [1.807, 2.05) is 10.8 Å². The molecule has 0 saturated carbocycles. The van der Waals surface area contributed by atoms with Crippen molar-refractivity contribution in [2.75, 3.05) is 26.9 Å². The van der Waals surface area contributed by atoms with Gasteiger partial charge in [0.1, 0.15) is 0 Å². The molecule has 0 aliphatic heterocycles. The fraction of sp³-hybridized carbons (Fsp3) is 0.700. The minimum absolute atomic E-state index is 0.222. The van der Waals surface area contributed by atoms with Crippen molar-refractivity contribution in [1.29, 1.82) is 0 Å². The zero-order valence-electron chi connectivity index (χ0n) is 9.15. The Balaban J connectivity index is 2.20. The molecule has 0 unspecified atom stereocenters.